The average Bonchev–Trinajstić information content (AvgIpc) is 3.77. The Kier molecular flexibility index (Phi) is 7.83. The molecule has 0 aliphatic heterocycles. The average molecular weight is 649 g/mol. The van der Waals surface area contributed by atoms with Crippen LogP contribution < -0.4 is 16.3 Å². The van der Waals surface area contributed by atoms with Gasteiger partial charge in [0.25, 0.3) is 0 Å². The van der Waals surface area contributed by atoms with Crippen molar-refractivity contribution >= 4 is 87.3 Å². The number of fused-ring (bicyclic) bond motifs is 7. The zero-order chi connectivity index (χ0) is 33.5. The lowest BCUT2D eigenvalue weighted by atomic mass is 9.95. The Labute approximate surface area is 289 Å². The Morgan fingerprint density at radius 2 is 1.47 bits per heavy atom. The minimum Gasteiger partial charge on any atom is -0.398 e. The monoisotopic (exact) mass is 648 g/mol. The van der Waals surface area contributed by atoms with Crippen LogP contribution in [0.3, 0.4) is 0 Å². The maximum atomic E-state index is 6.60. The predicted molar refractivity (Wildman–Crippen MR) is 217 cm³/mol. The van der Waals surface area contributed by atoms with Crippen LogP contribution in [0.5, 0.6) is 0 Å². The lowest BCUT2D eigenvalue weighted by Crippen LogP contribution is -2.25. The number of nitrogen functional groups attached to an aromatic ring is 1. The first-order valence-corrected chi connectivity index (χ1v) is 17.5. The topological polar surface area (TPSA) is 30.4 Å². The van der Waals surface area contributed by atoms with Crippen molar-refractivity contribution in [3.05, 3.63) is 169 Å². The summed E-state index contributed by atoms with van der Waals surface area (Å²) in [6.45, 7) is 9.52. The standard InChI is InChI=1S/C41H28N2S.C5H8/c1-2-9-36-28(19-16-25-17-21-39-34(22-25)29-12-6-7-15-38(29)44-39)30-13-8-14-31-33-24-32-27(23-37(33)43(36)41(30)31)18-20-35(42)40(32)26-10-4-3-5-11-26;1-3-5-4-2/h2-15,17-24H,1,16,42H2;3-5H,1H2,2H3/b28-19-,36-9+;5-4-. The lowest BCUT2D eigenvalue weighted by molar-refractivity contribution is 1.21. The molecule has 3 aromatic heterocycles. The molecule has 3 heterocycles. The summed E-state index contributed by atoms with van der Waals surface area (Å²) < 4.78 is 5.11. The number of aromatic nitrogens is 1. The first-order valence-electron chi connectivity index (χ1n) is 16.6. The second kappa shape index (κ2) is 12.6. The first kappa shape index (κ1) is 30.4. The summed E-state index contributed by atoms with van der Waals surface area (Å²) in [5, 5.41) is 11.2. The molecule has 6 aromatic carbocycles. The summed E-state index contributed by atoms with van der Waals surface area (Å²) in [7, 11) is 0. The van der Waals surface area contributed by atoms with Crippen molar-refractivity contribution < 1.29 is 0 Å². The third kappa shape index (κ3) is 5.11. The zero-order valence-electron chi connectivity index (χ0n) is 27.5. The molecule has 49 heavy (non-hydrogen) atoms. The molecule has 9 aromatic rings. The summed E-state index contributed by atoms with van der Waals surface area (Å²) in [6.07, 6.45) is 12.9. The third-order valence-corrected chi connectivity index (χ3v) is 10.6. The molecule has 0 fully saturated rings. The van der Waals surface area contributed by atoms with Gasteiger partial charge in [-0.15, -0.1) is 11.3 Å². The maximum Gasteiger partial charge on any atom is 0.0620 e. The van der Waals surface area contributed by atoms with Crippen LogP contribution in [0, 0.1) is 0 Å². The largest absolute Gasteiger partial charge is 0.398 e. The first-order chi connectivity index (χ1) is 24.1. The fourth-order valence-corrected chi connectivity index (χ4v) is 8.39. The van der Waals surface area contributed by atoms with Gasteiger partial charge in [0.05, 0.1) is 16.4 Å². The Hall–Kier alpha value is -5.90. The van der Waals surface area contributed by atoms with E-state index in [1.54, 1.807) is 6.08 Å². The molecule has 0 aliphatic rings. The maximum absolute atomic E-state index is 6.60. The van der Waals surface area contributed by atoms with E-state index in [2.05, 4.69) is 133 Å². The third-order valence-electron chi connectivity index (χ3n) is 9.42. The van der Waals surface area contributed by atoms with Crippen LogP contribution in [0.4, 0.5) is 5.69 Å². The molecule has 0 radical (unpaired) electrons. The number of allylic oxidation sites excluding steroid dienone is 4. The van der Waals surface area contributed by atoms with Crippen LogP contribution in [-0.4, -0.2) is 4.40 Å². The highest BCUT2D eigenvalue weighted by Crippen LogP contribution is 2.39. The highest BCUT2D eigenvalue weighted by molar-refractivity contribution is 7.25. The van der Waals surface area contributed by atoms with Gasteiger partial charge in [0.2, 0.25) is 0 Å². The van der Waals surface area contributed by atoms with E-state index in [1.807, 2.05) is 48.6 Å². The number of nitrogens with zero attached hydrogens (tertiary/aromatic N) is 1. The van der Waals surface area contributed by atoms with E-state index in [9.17, 15) is 0 Å². The summed E-state index contributed by atoms with van der Waals surface area (Å²) in [5.74, 6) is 0. The molecular formula is C46H36N2S. The Bertz CT molecular complexity index is 2850. The Morgan fingerprint density at radius 3 is 2.27 bits per heavy atom. The fraction of sp³-hybridized carbons (Fsp3) is 0.0435. The van der Waals surface area contributed by atoms with Crippen molar-refractivity contribution in [2.24, 2.45) is 0 Å². The van der Waals surface area contributed by atoms with Gasteiger partial charge in [0.1, 0.15) is 0 Å². The molecule has 0 bridgehead atoms. The van der Waals surface area contributed by atoms with Crippen molar-refractivity contribution in [3.8, 4) is 11.1 Å². The van der Waals surface area contributed by atoms with Gasteiger partial charge in [0, 0.05) is 52.8 Å². The van der Waals surface area contributed by atoms with Crippen LogP contribution in [0.15, 0.2) is 153 Å². The molecule has 0 atom stereocenters. The van der Waals surface area contributed by atoms with Crippen LogP contribution in [0.25, 0.3) is 81.4 Å². The van der Waals surface area contributed by atoms with Crippen molar-refractivity contribution in [2.45, 2.75) is 13.3 Å². The van der Waals surface area contributed by atoms with Gasteiger partial charge in [-0.05, 0) is 77.7 Å². The van der Waals surface area contributed by atoms with E-state index in [4.69, 9.17) is 5.73 Å². The molecule has 9 rings (SSSR count). The van der Waals surface area contributed by atoms with Crippen molar-refractivity contribution in [1.82, 2.24) is 4.40 Å². The van der Waals surface area contributed by atoms with E-state index in [1.165, 1.54) is 74.3 Å². The highest BCUT2D eigenvalue weighted by atomic mass is 32.1. The summed E-state index contributed by atoms with van der Waals surface area (Å²) in [4.78, 5) is 0. The van der Waals surface area contributed by atoms with Gasteiger partial charge in [-0.3, -0.25) is 0 Å². The van der Waals surface area contributed by atoms with Gasteiger partial charge in [-0.25, -0.2) is 0 Å². The number of thiophene rings is 1. The second-order valence-corrected chi connectivity index (χ2v) is 13.4. The SMILES string of the molecule is C=C/C=C\C.C=C/C=c1\c(=C/Cc2ccc3sc4ccccc4c3c2)c2cccc3c4cc5c(-c6ccccc6)c(N)ccc5cc4n1c23. The van der Waals surface area contributed by atoms with Crippen LogP contribution in [0.2, 0.25) is 0 Å². The molecule has 236 valence electrons. The highest BCUT2D eigenvalue weighted by Gasteiger charge is 2.18. The zero-order valence-corrected chi connectivity index (χ0v) is 28.3. The molecule has 0 saturated heterocycles. The van der Waals surface area contributed by atoms with Crippen LogP contribution >= 0.6 is 11.3 Å². The van der Waals surface area contributed by atoms with Crippen LogP contribution in [-0.2, 0) is 6.42 Å². The van der Waals surface area contributed by atoms with Gasteiger partial charge in [-0.2, -0.15) is 0 Å². The number of hydrogen-bond donors (Lipinski definition) is 1. The minimum absolute atomic E-state index is 0.797. The van der Waals surface area contributed by atoms with Gasteiger partial charge >= 0.3 is 0 Å². The van der Waals surface area contributed by atoms with Gasteiger partial charge < -0.3 is 10.1 Å². The van der Waals surface area contributed by atoms with E-state index < -0.39 is 0 Å². The van der Waals surface area contributed by atoms with E-state index in [-0.39, 0.29) is 0 Å². The number of benzene rings is 6. The molecule has 2 N–H and O–H groups in total. The molecule has 0 aliphatic carbocycles. The fourth-order valence-electron chi connectivity index (χ4n) is 7.30. The van der Waals surface area contributed by atoms with Gasteiger partial charge in [0.15, 0.2) is 0 Å². The lowest BCUT2D eigenvalue weighted by Gasteiger charge is -2.11. The number of para-hydroxylation sites is 1. The smallest absolute Gasteiger partial charge is 0.0620 e. The molecular weight excluding hydrogens is 613 g/mol. The van der Waals surface area contributed by atoms with E-state index >= 15 is 0 Å². The number of nitrogens with two attached hydrogens (primary N) is 1. The Balaban J connectivity index is 0.000000653. The molecule has 0 amide bonds. The minimum atomic E-state index is 0.797. The number of hydrogen-bond acceptors (Lipinski definition) is 2. The second-order valence-electron chi connectivity index (χ2n) is 12.3. The van der Waals surface area contributed by atoms with Crippen molar-refractivity contribution in [1.29, 1.82) is 0 Å². The van der Waals surface area contributed by atoms with E-state index in [0.717, 1.165) is 23.2 Å². The number of anilines is 1. The molecule has 3 heteroatoms. The molecule has 0 unspecified atom stereocenters. The van der Waals surface area contributed by atoms with Gasteiger partial charge in [-0.1, -0.05) is 122 Å². The Morgan fingerprint density at radius 1 is 0.694 bits per heavy atom. The van der Waals surface area contributed by atoms with Crippen LogP contribution in [0.1, 0.15) is 12.5 Å². The van der Waals surface area contributed by atoms with Crippen molar-refractivity contribution in [2.75, 3.05) is 5.73 Å². The summed E-state index contributed by atoms with van der Waals surface area (Å²) in [6, 6.07) is 41.7. The molecule has 0 saturated carbocycles. The van der Waals surface area contributed by atoms with Crippen molar-refractivity contribution in [3.63, 3.8) is 0 Å². The normalized spacial score (nSPS) is 12.7. The number of rotatable bonds is 5. The van der Waals surface area contributed by atoms with E-state index in [0.29, 0.717) is 0 Å². The quantitative estimate of drug-likeness (QED) is 0.146. The molecule has 2 nitrogen and oxygen atoms in total. The summed E-state index contributed by atoms with van der Waals surface area (Å²) >= 11 is 1.87. The predicted octanol–water partition coefficient (Wildman–Crippen LogP) is 11.2. The summed E-state index contributed by atoms with van der Waals surface area (Å²) in [5.41, 5.74) is 13.4. The molecule has 0 spiro atoms.